The van der Waals surface area contributed by atoms with Crippen LogP contribution in [0.2, 0.25) is 0 Å². The predicted octanol–water partition coefficient (Wildman–Crippen LogP) is 4.62. The van der Waals surface area contributed by atoms with Crippen LogP contribution in [0.25, 0.3) is 0 Å². The molecule has 12 heteroatoms. The summed E-state index contributed by atoms with van der Waals surface area (Å²) in [4.78, 5) is 38.1. The highest BCUT2D eigenvalue weighted by Crippen LogP contribution is 2.33. The van der Waals surface area contributed by atoms with E-state index in [2.05, 4.69) is 29.2 Å². The van der Waals surface area contributed by atoms with Gasteiger partial charge in [-0.2, -0.15) is 0 Å². The van der Waals surface area contributed by atoms with Gasteiger partial charge in [-0.15, -0.1) is 13.2 Å². The van der Waals surface area contributed by atoms with Crippen molar-refractivity contribution in [1.82, 2.24) is 10.2 Å². The van der Waals surface area contributed by atoms with Crippen LogP contribution in [0.1, 0.15) is 49.0 Å². The molecule has 0 bridgehead atoms. The van der Waals surface area contributed by atoms with Crippen molar-refractivity contribution < 1.29 is 42.5 Å². The third-order valence-electron chi connectivity index (χ3n) is 6.50. The highest BCUT2D eigenvalue weighted by atomic mass is 19.4. The van der Waals surface area contributed by atoms with E-state index in [9.17, 15) is 32.7 Å². The van der Waals surface area contributed by atoms with Crippen LogP contribution in [-0.4, -0.2) is 58.1 Å². The SMILES string of the molecule is CC1CC(C)CC(N(Cc2ccc(C(=O)NCC(O)C(=O)O)cc2)C(=O)Nc2ccc(OC(F)(F)F)cc2)C1. The first kappa shape index (κ1) is 29.8. The molecule has 0 spiro atoms. The summed E-state index contributed by atoms with van der Waals surface area (Å²) in [5.74, 6) is -1.58. The van der Waals surface area contributed by atoms with Gasteiger partial charge < -0.3 is 30.5 Å². The maximum Gasteiger partial charge on any atom is 0.573 e. The molecule has 9 nitrogen and oxygen atoms in total. The number of rotatable bonds is 9. The van der Waals surface area contributed by atoms with Crippen LogP contribution < -0.4 is 15.4 Å². The number of hydrogen-bond donors (Lipinski definition) is 4. The average molecular weight is 552 g/mol. The van der Waals surface area contributed by atoms with Crippen LogP contribution in [0.3, 0.4) is 0 Å². The van der Waals surface area contributed by atoms with Crippen molar-refractivity contribution in [2.75, 3.05) is 11.9 Å². The number of ether oxygens (including phenoxy) is 1. The second kappa shape index (κ2) is 12.8. The number of halogens is 3. The largest absolute Gasteiger partial charge is 0.573 e. The zero-order valence-electron chi connectivity index (χ0n) is 21.6. The second-order valence-electron chi connectivity index (χ2n) is 9.96. The number of nitrogens with one attached hydrogen (secondary N) is 2. The van der Waals surface area contributed by atoms with E-state index >= 15 is 0 Å². The van der Waals surface area contributed by atoms with Gasteiger partial charge in [0.05, 0.1) is 6.54 Å². The molecule has 2 aromatic carbocycles. The quantitative estimate of drug-likeness (QED) is 0.360. The zero-order valence-corrected chi connectivity index (χ0v) is 21.6. The van der Waals surface area contributed by atoms with Gasteiger partial charge in [-0.1, -0.05) is 26.0 Å². The first-order valence-electron chi connectivity index (χ1n) is 12.5. The van der Waals surface area contributed by atoms with Gasteiger partial charge in [0.1, 0.15) is 5.75 Å². The molecule has 39 heavy (non-hydrogen) atoms. The number of urea groups is 1. The molecule has 0 aromatic heterocycles. The number of carboxylic acid groups (broad SMARTS) is 1. The van der Waals surface area contributed by atoms with Crippen LogP contribution in [-0.2, 0) is 11.3 Å². The third kappa shape index (κ3) is 9.17. The Hall–Kier alpha value is -3.80. The molecule has 1 fully saturated rings. The fourth-order valence-corrected chi connectivity index (χ4v) is 4.80. The van der Waals surface area contributed by atoms with Gasteiger partial charge in [0.25, 0.3) is 5.91 Å². The molecular formula is C27H32F3N3O6. The summed E-state index contributed by atoms with van der Waals surface area (Å²) in [6, 6.07) is 10.9. The van der Waals surface area contributed by atoms with E-state index in [-0.39, 0.29) is 18.2 Å². The molecule has 1 saturated carbocycles. The van der Waals surface area contributed by atoms with Crippen molar-refractivity contribution in [2.24, 2.45) is 11.8 Å². The van der Waals surface area contributed by atoms with Gasteiger partial charge in [-0.05, 0) is 73.1 Å². The minimum atomic E-state index is -4.81. The van der Waals surface area contributed by atoms with E-state index in [1.54, 1.807) is 29.2 Å². The van der Waals surface area contributed by atoms with Gasteiger partial charge in [0, 0.05) is 23.8 Å². The van der Waals surface area contributed by atoms with Crippen LogP contribution in [0.4, 0.5) is 23.7 Å². The lowest BCUT2D eigenvalue weighted by atomic mass is 9.80. The topological polar surface area (TPSA) is 128 Å². The normalized spacial score (nSPS) is 20.0. The van der Waals surface area contributed by atoms with E-state index in [0.29, 0.717) is 17.5 Å². The van der Waals surface area contributed by atoms with Gasteiger partial charge in [0.15, 0.2) is 6.10 Å². The van der Waals surface area contributed by atoms with Crippen molar-refractivity contribution in [3.8, 4) is 5.75 Å². The number of amides is 3. The Labute approximate surface area is 223 Å². The molecule has 0 aliphatic heterocycles. The van der Waals surface area contributed by atoms with Crippen LogP contribution in [0.5, 0.6) is 5.75 Å². The third-order valence-corrected chi connectivity index (χ3v) is 6.50. The highest BCUT2D eigenvalue weighted by Gasteiger charge is 2.32. The van der Waals surface area contributed by atoms with Crippen molar-refractivity contribution in [3.05, 3.63) is 59.7 Å². The lowest BCUT2D eigenvalue weighted by Crippen LogP contribution is -2.45. The molecule has 0 radical (unpaired) electrons. The number of nitrogens with zero attached hydrogens (tertiary/aromatic N) is 1. The predicted molar refractivity (Wildman–Crippen MR) is 136 cm³/mol. The number of aliphatic hydroxyl groups is 1. The van der Waals surface area contributed by atoms with E-state index in [0.717, 1.165) is 37.0 Å². The summed E-state index contributed by atoms with van der Waals surface area (Å²) < 4.78 is 41.2. The summed E-state index contributed by atoms with van der Waals surface area (Å²) in [6.45, 7) is 4.05. The number of carbonyl (C=O) groups is 3. The number of aliphatic hydroxyl groups excluding tert-OH is 1. The zero-order chi connectivity index (χ0) is 28.7. The molecule has 1 aliphatic carbocycles. The van der Waals surface area contributed by atoms with E-state index < -0.39 is 42.7 Å². The van der Waals surface area contributed by atoms with Crippen molar-refractivity contribution >= 4 is 23.6 Å². The molecule has 212 valence electrons. The van der Waals surface area contributed by atoms with E-state index in [1.165, 1.54) is 12.1 Å². The number of carbonyl (C=O) groups excluding carboxylic acids is 2. The first-order valence-corrected chi connectivity index (χ1v) is 12.5. The van der Waals surface area contributed by atoms with Gasteiger partial charge in [-0.25, -0.2) is 9.59 Å². The number of carboxylic acids is 1. The number of benzene rings is 2. The van der Waals surface area contributed by atoms with Crippen LogP contribution >= 0.6 is 0 Å². The lowest BCUT2D eigenvalue weighted by molar-refractivity contribution is -0.274. The van der Waals surface area contributed by atoms with Crippen molar-refractivity contribution in [3.63, 3.8) is 0 Å². The maximum atomic E-state index is 13.4. The van der Waals surface area contributed by atoms with Gasteiger partial charge in [-0.3, -0.25) is 4.79 Å². The van der Waals surface area contributed by atoms with Gasteiger partial charge in [0.2, 0.25) is 0 Å². The number of anilines is 1. The average Bonchev–Trinajstić information content (AvgIpc) is 2.85. The van der Waals surface area contributed by atoms with E-state index in [4.69, 9.17) is 5.11 Å². The fraction of sp³-hybridized carbons (Fsp3) is 0.444. The number of hydrogen-bond acceptors (Lipinski definition) is 5. The van der Waals surface area contributed by atoms with Crippen LogP contribution in [0, 0.1) is 11.8 Å². The van der Waals surface area contributed by atoms with Gasteiger partial charge >= 0.3 is 18.4 Å². The maximum absolute atomic E-state index is 13.4. The molecule has 0 heterocycles. The lowest BCUT2D eigenvalue weighted by Gasteiger charge is -2.39. The standard InChI is InChI=1S/C27H32F3N3O6/c1-16-11-17(2)13-21(12-16)33(26(38)32-20-7-9-22(10-8-20)39-27(28,29)30)15-18-3-5-19(6-4-18)24(35)31-14-23(34)25(36)37/h3-10,16-17,21,23,34H,11-15H2,1-2H3,(H,31,35)(H,32,38)(H,36,37). The highest BCUT2D eigenvalue weighted by molar-refractivity contribution is 5.94. The van der Waals surface area contributed by atoms with Crippen LogP contribution in [0.15, 0.2) is 48.5 Å². The molecule has 3 unspecified atom stereocenters. The fourth-order valence-electron chi connectivity index (χ4n) is 4.80. The first-order chi connectivity index (χ1) is 18.3. The van der Waals surface area contributed by atoms with Crippen molar-refractivity contribution in [2.45, 2.75) is 58.2 Å². The molecule has 2 aromatic rings. The Morgan fingerprint density at radius 2 is 1.59 bits per heavy atom. The summed E-state index contributed by atoms with van der Waals surface area (Å²) in [6.07, 6.45) is -3.89. The Morgan fingerprint density at radius 1 is 1.00 bits per heavy atom. The summed E-state index contributed by atoms with van der Waals surface area (Å²) in [5, 5.41) is 23.2. The summed E-state index contributed by atoms with van der Waals surface area (Å²) in [5.41, 5.74) is 1.31. The molecular weight excluding hydrogens is 519 g/mol. The minimum absolute atomic E-state index is 0.0722. The Bertz CT molecular complexity index is 1130. The second-order valence-corrected chi connectivity index (χ2v) is 9.96. The Kier molecular flexibility index (Phi) is 9.79. The monoisotopic (exact) mass is 551 g/mol. The Morgan fingerprint density at radius 3 is 2.13 bits per heavy atom. The minimum Gasteiger partial charge on any atom is -0.479 e. The molecule has 3 amide bonds. The number of alkyl halides is 3. The number of aliphatic carboxylic acids is 1. The summed E-state index contributed by atoms with van der Waals surface area (Å²) in [7, 11) is 0. The molecule has 3 rings (SSSR count). The van der Waals surface area contributed by atoms with E-state index in [1.807, 2.05) is 0 Å². The molecule has 1 aliphatic rings. The summed E-state index contributed by atoms with van der Waals surface area (Å²) >= 11 is 0. The molecule has 0 saturated heterocycles. The molecule has 4 N–H and O–H groups in total. The smallest absolute Gasteiger partial charge is 0.479 e. The van der Waals surface area contributed by atoms with Crippen molar-refractivity contribution in [1.29, 1.82) is 0 Å². The Balaban J connectivity index is 1.72. The molecule has 3 atom stereocenters.